The number of benzene rings is 2. The molecular formula is C17H17FO2. The van der Waals surface area contributed by atoms with Crippen molar-refractivity contribution < 1.29 is 13.9 Å². The summed E-state index contributed by atoms with van der Waals surface area (Å²) in [6.07, 6.45) is 1.26. The second-order valence-corrected chi connectivity index (χ2v) is 5.04. The zero-order valence-electron chi connectivity index (χ0n) is 11.6. The number of ether oxygens (including phenoxy) is 1. The minimum absolute atomic E-state index is 0.351. The van der Waals surface area contributed by atoms with E-state index in [4.69, 9.17) is 4.74 Å². The summed E-state index contributed by atoms with van der Waals surface area (Å²) in [5.74, 6) is 0.406. The normalized spacial score (nSPS) is 13.6. The highest BCUT2D eigenvalue weighted by atomic mass is 19.1. The molecule has 0 aromatic heterocycles. The Morgan fingerprint density at radius 3 is 2.35 bits per heavy atom. The first-order chi connectivity index (χ1) is 9.59. The topological polar surface area (TPSA) is 26.3 Å². The molecule has 3 heteroatoms. The van der Waals surface area contributed by atoms with Crippen LogP contribution in [-0.4, -0.2) is 13.4 Å². The van der Waals surface area contributed by atoms with Gasteiger partial charge in [0.25, 0.3) is 0 Å². The Hall–Kier alpha value is -2.16. The molecule has 104 valence electrons. The highest BCUT2D eigenvalue weighted by Gasteiger charge is 2.29. The molecule has 0 aliphatic carbocycles. The number of methoxy groups -OCH3 is 1. The van der Waals surface area contributed by atoms with E-state index in [0.717, 1.165) is 17.6 Å². The Morgan fingerprint density at radius 1 is 1.15 bits per heavy atom. The van der Waals surface area contributed by atoms with Crippen molar-refractivity contribution in [3.05, 3.63) is 65.5 Å². The van der Waals surface area contributed by atoms with E-state index in [1.54, 1.807) is 32.2 Å². The fraction of sp³-hybridized carbons (Fsp3) is 0.235. The number of hydrogen-bond donors (Lipinski definition) is 0. The summed E-state index contributed by atoms with van der Waals surface area (Å²) in [5, 5.41) is 0. The standard InChI is InChI=1S/C17H17FO2/c1-17(12-19,15-5-3-4-6-16(15)18)11-13-7-9-14(20-2)10-8-13/h3-10,12H,11H2,1-2H3. The number of hydrogen-bond acceptors (Lipinski definition) is 2. The van der Waals surface area contributed by atoms with E-state index in [9.17, 15) is 9.18 Å². The first-order valence-corrected chi connectivity index (χ1v) is 6.43. The largest absolute Gasteiger partial charge is 0.497 e. The highest BCUT2D eigenvalue weighted by Crippen LogP contribution is 2.28. The second kappa shape index (κ2) is 5.87. The number of carbonyl (C=O) groups excluding carboxylic acids is 1. The average Bonchev–Trinajstić information content (AvgIpc) is 2.48. The third-order valence-electron chi connectivity index (χ3n) is 3.48. The Kier molecular flexibility index (Phi) is 4.18. The molecule has 0 spiro atoms. The predicted molar refractivity (Wildman–Crippen MR) is 76.5 cm³/mol. The third-order valence-corrected chi connectivity index (χ3v) is 3.48. The summed E-state index contributed by atoms with van der Waals surface area (Å²) in [5.41, 5.74) is 0.509. The van der Waals surface area contributed by atoms with Crippen LogP contribution >= 0.6 is 0 Å². The van der Waals surface area contributed by atoms with Gasteiger partial charge < -0.3 is 9.53 Å². The molecule has 0 aliphatic rings. The summed E-state index contributed by atoms with van der Waals surface area (Å²) in [4.78, 5) is 11.5. The van der Waals surface area contributed by atoms with Crippen molar-refractivity contribution in [3.63, 3.8) is 0 Å². The van der Waals surface area contributed by atoms with Crippen LogP contribution in [0.2, 0.25) is 0 Å². The van der Waals surface area contributed by atoms with Crippen molar-refractivity contribution in [1.82, 2.24) is 0 Å². The van der Waals surface area contributed by atoms with Crippen molar-refractivity contribution in [2.75, 3.05) is 7.11 Å². The fourth-order valence-corrected chi connectivity index (χ4v) is 2.29. The van der Waals surface area contributed by atoms with Gasteiger partial charge in [0.15, 0.2) is 0 Å². The van der Waals surface area contributed by atoms with Gasteiger partial charge in [0.05, 0.1) is 12.5 Å². The molecule has 1 unspecified atom stereocenters. The van der Waals surface area contributed by atoms with E-state index in [1.165, 1.54) is 6.07 Å². The molecule has 0 fully saturated rings. The van der Waals surface area contributed by atoms with Gasteiger partial charge in [-0.15, -0.1) is 0 Å². The van der Waals surface area contributed by atoms with Crippen molar-refractivity contribution in [2.24, 2.45) is 0 Å². The quantitative estimate of drug-likeness (QED) is 0.778. The molecule has 0 radical (unpaired) electrons. The van der Waals surface area contributed by atoms with Crippen LogP contribution in [0, 0.1) is 5.82 Å². The average molecular weight is 272 g/mol. The molecule has 0 bridgehead atoms. The van der Waals surface area contributed by atoms with Crippen molar-refractivity contribution >= 4 is 6.29 Å². The Labute approximate surface area is 118 Å². The van der Waals surface area contributed by atoms with Crippen LogP contribution in [0.15, 0.2) is 48.5 Å². The van der Waals surface area contributed by atoms with Crippen molar-refractivity contribution in [1.29, 1.82) is 0 Å². The van der Waals surface area contributed by atoms with E-state index in [-0.39, 0.29) is 5.82 Å². The molecule has 0 saturated carbocycles. The molecule has 0 heterocycles. The van der Waals surface area contributed by atoms with Gasteiger partial charge in [-0.25, -0.2) is 4.39 Å². The molecule has 20 heavy (non-hydrogen) atoms. The summed E-state index contributed by atoms with van der Waals surface area (Å²) in [6.45, 7) is 1.75. The molecule has 2 aromatic rings. The van der Waals surface area contributed by atoms with Crippen LogP contribution in [0.3, 0.4) is 0 Å². The van der Waals surface area contributed by atoms with E-state index in [1.807, 2.05) is 24.3 Å². The maximum atomic E-state index is 13.9. The lowest BCUT2D eigenvalue weighted by Crippen LogP contribution is -2.28. The van der Waals surface area contributed by atoms with Gasteiger partial charge in [-0.1, -0.05) is 30.3 Å². The van der Waals surface area contributed by atoms with Gasteiger partial charge >= 0.3 is 0 Å². The SMILES string of the molecule is COc1ccc(CC(C)(C=O)c2ccccc2F)cc1. The first-order valence-electron chi connectivity index (χ1n) is 6.43. The highest BCUT2D eigenvalue weighted by molar-refractivity contribution is 5.69. The third kappa shape index (κ3) is 2.87. The van der Waals surface area contributed by atoms with Crippen molar-refractivity contribution in [2.45, 2.75) is 18.8 Å². The van der Waals surface area contributed by atoms with Gasteiger partial charge in [0.1, 0.15) is 17.9 Å². The molecule has 0 saturated heterocycles. The Morgan fingerprint density at radius 2 is 1.80 bits per heavy atom. The van der Waals surface area contributed by atoms with Gasteiger partial charge in [0, 0.05) is 5.56 Å². The summed E-state index contributed by atoms with van der Waals surface area (Å²) in [6, 6.07) is 13.9. The van der Waals surface area contributed by atoms with Gasteiger partial charge in [-0.3, -0.25) is 0 Å². The van der Waals surface area contributed by atoms with Gasteiger partial charge in [0.2, 0.25) is 0 Å². The molecule has 2 nitrogen and oxygen atoms in total. The van der Waals surface area contributed by atoms with Crippen molar-refractivity contribution in [3.8, 4) is 5.75 Å². The second-order valence-electron chi connectivity index (χ2n) is 5.04. The van der Waals surface area contributed by atoms with Crippen LogP contribution in [0.1, 0.15) is 18.1 Å². The monoisotopic (exact) mass is 272 g/mol. The van der Waals surface area contributed by atoms with Gasteiger partial charge in [-0.2, -0.15) is 0 Å². The minimum Gasteiger partial charge on any atom is -0.497 e. The van der Waals surface area contributed by atoms with E-state index in [2.05, 4.69) is 0 Å². The van der Waals surface area contributed by atoms with Crippen LogP contribution in [-0.2, 0) is 16.6 Å². The molecule has 0 amide bonds. The van der Waals surface area contributed by atoms with E-state index in [0.29, 0.717) is 12.0 Å². The molecule has 0 aliphatic heterocycles. The zero-order valence-corrected chi connectivity index (χ0v) is 11.6. The van der Waals surface area contributed by atoms with Gasteiger partial charge in [-0.05, 0) is 37.1 Å². The van der Waals surface area contributed by atoms with E-state index >= 15 is 0 Å². The smallest absolute Gasteiger partial charge is 0.130 e. The summed E-state index contributed by atoms with van der Waals surface area (Å²) < 4.78 is 19.0. The maximum Gasteiger partial charge on any atom is 0.130 e. The lowest BCUT2D eigenvalue weighted by atomic mass is 9.78. The first kappa shape index (κ1) is 14.3. The zero-order chi connectivity index (χ0) is 14.6. The number of carbonyl (C=O) groups is 1. The molecule has 0 N–H and O–H groups in total. The molecule has 2 rings (SSSR count). The fourth-order valence-electron chi connectivity index (χ4n) is 2.29. The molecular weight excluding hydrogens is 255 g/mol. The van der Waals surface area contributed by atoms with E-state index < -0.39 is 5.41 Å². The lowest BCUT2D eigenvalue weighted by Gasteiger charge is -2.24. The number of aldehydes is 1. The minimum atomic E-state index is -0.875. The summed E-state index contributed by atoms with van der Waals surface area (Å²) in [7, 11) is 1.60. The number of halogens is 1. The predicted octanol–water partition coefficient (Wildman–Crippen LogP) is 3.53. The molecule has 1 atom stereocenters. The molecule has 2 aromatic carbocycles. The van der Waals surface area contributed by atoms with Crippen LogP contribution in [0.25, 0.3) is 0 Å². The lowest BCUT2D eigenvalue weighted by molar-refractivity contribution is -0.112. The number of rotatable bonds is 5. The van der Waals surface area contributed by atoms with Crippen LogP contribution in [0.4, 0.5) is 4.39 Å². The Bertz CT molecular complexity index is 592. The maximum absolute atomic E-state index is 13.9. The summed E-state index contributed by atoms with van der Waals surface area (Å²) >= 11 is 0. The van der Waals surface area contributed by atoms with Crippen LogP contribution in [0.5, 0.6) is 5.75 Å². The van der Waals surface area contributed by atoms with Crippen LogP contribution < -0.4 is 4.74 Å². The Balaban J connectivity index is 2.31.